The molecule has 0 radical (unpaired) electrons. The SMILES string of the molecule is COC(=O)[C@H]1CC[C@@H](Nc2ncccc2C#N)C1. The highest BCUT2D eigenvalue weighted by atomic mass is 16.5. The van der Waals surface area contributed by atoms with Crippen LogP contribution in [-0.2, 0) is 9.53 Å². The van der Waals surface area contributed by atoms with E-state index in [0.717, 1.165) is 19.3 Å². The zero-order chi connectivity index (χ0) is 13.0. The summed E-state index contributed by atoms with van der Waals surface area (Å²) in [5.74, 6) is 0.401. The molecular formula is C13H15N3O2. The van der Waals surface area contributed by atoms with Crippen LogP contribution in [0.3, 0.4) is 0 Å². The fourth-order valence-corrected chi connectivity index (χ4v) is 2.30. The third kappa shape index (κ3) is 2.59. The third-order valence-corrected chi connectivity index (χ3v) is 3.24. The number of carbonyl (C=O) groups is 1. The monoisotopic (exact) mass is 245 g/mol. The number of anilines is 1. The van der Waals surface area contributed by atoms with Crippen LogP contribution in [0.15, 0.2) is 18.3 Å². The zero-order valence-electron chi connectivity index (χ0n) is 10.2. The van der Waals surface area contributed by atoms with E-state index in [0.29, 0.717) is 11.4 Å². The average Bonchev–Trinajstić information content (AvgIpc) is 2.87. The van der Waals surface area contributed by atoms with Crippen molar-refractivity contribution in [3.8, 4) is 6.07 Å². The van der Waals surface area contributed by atoms with Crippen molar-refractivity contribution < 1.29 is 9.53 Å². The standard InChI is InChI=1S/C13H15N3O2/c1-18-13(17)9-4-5-11(7-9)16-12-10(8-14)3-2-6-15-12/h2-3,6,9,11H,4-5,7H2,1H3,(H,15,16)/t9-,11+/m0/s1. The Morgan fingerprint density at radius 2 is 2.44 bits per heavy atom. The Kier molecular flexibility index (Phi) is 3.78. The average molecular weight is 245 g/mol. The molecule has 0 amide bonds. The predicted molar refractivity (Wildman–Crippen MR) is 65.7 cm³/mol. The molecule has 94 valence electrons. The van der Waals surface area contributed by atoms with E-state index >= 15 is 0 Å². The van der Waals surface area contributed by atoms with Gasteiger partial charge >= 0.3 is 5.97 Å². The van der Waals surface area contributed by atoms with Gasteiger partial charge in [0.2, 0.25) is 0 Å². The molecule has 1 aromatic rings. The van der Waals surface area contributed by atoms with Crippen LogP contribution in [0.4, 0.5) is 5.82 Å². The molecule has 0 spiro atoms. The second-order valence-corrected chi connectivity index (χ2v) is 4.39. The highest BCUT2D eigenvalue weighted by molar-refractivity contribution is 5.72. The van der Waals surface area contributed by atoms with E-state index in [1.165, 1.54) is 7.11 Å². The van der Waals surface area contributed by atoms with E-state index < -0.39 is 0 Å². The van der Waals surface area contributed by atoms with Gasteiger partial charge in [-0.3, -0.25) is 4.79 Å². The lowest BCUT2D eigenvalue weighted by Gasteiger charge is -2.14. The Balaban J connectivity index is 2.00. The molecule has 1 N–H and O–H groups in total. The number of esters is 1. The molecule has 18 heavy (non-hydrogen) atoms. The maximum Gasteiger partial charge on any atom is 0.308 e. The largest absolute Gasteiger partial charge is 0.469 e. The van der Waals surface area contributed by atoms with Crippen molar-refractivity contribution in [1.82, 2.24) is 4.98 Å². The first kappa shape index (κ1) is 12.4. The van der Waals surface area contributed by atoms with E-state index in [4.69, 9.17) is 10.00 Å². The molecule has 2 atom stereocenters. The first-order valence-electron chi connectivity index (χ1n) is 5.94. The highest BCUT2D eigenvalue weighted by Gasteiger charge is 2.30. The molecule has 5 heteroatoms. The Morgan fingerprint density at radius 1 is 1.61 bits per heavy atom. The maximum atomic E-state index is 11.4. The van der Waals surface area contributed by atoms with E-state index in [1.54, 1.807) is 18.3 Å². The molecule has 0 saturated heterocycles. The molecule has 0 aromatic carbocycles. The smallest absolute Gasteiger partial charge is 0.308 e. The van der Waals surface area contributed by atoms with Gasteiger partial charge in [0.25, 0.3) is 0 Å². The number of rotatable bonds is 3. The van der Waals surface area contributed by atoms with Gasteiger partial charge in [-0.25, -0.2) is 4.98 Å². The summed E-state index contributed by atoms with van der Waals surface area (Å²) in [5, 5.41) is 12.2. The summed E-state index contributed by atoms with van der Waals surface area (Å²) in [7, 11) is 1.41. The summed E-state index contributed by atoms with van der Waals surface area (Å²) < 4.78 is 4.74. The van der Waals surface area contributed by atoms with Gasteiger partial charge in [0, 0.05) is 12.2 Å². The van der Waals surface area contributed by atoms with Gasteiger partial charge in [-0.05, 0) is 31.4 Å². The topological polar surface area (TPSA) is 75.0 Å². The highest BCUT2D eigenvalue weighted by Crippen LogP contribution is 2.29. The number of methoxy groups -OCH3 is 1. The van der Waals surface area contributed by atoms with Gasteiger partial charge in [0.05, 0.1) is 18.6 Å². The Hall–Kier alpha value is -2.09. The second kappa shape index (κ2) is 5.50. The number of pyridine rings is 1. The van der Waals surface area contributed by atoms with Gasteiger partial charge < -0.3 is 10.1 Å². The van der Waals surface area contributed by atoms with Gasteiger partial charge in [0.15, 0.2) is 0 Å². The van der Waals surface area contributed by atoms with Crippen molar-refractivity contribution in [3.63, 3.8) is 0 Å². The molecule has 1 aliphatic rings. The van der Waals surface area contributed by atoms with Gasteiger partial charge in [-0.2, -0.15) is 5.26 Å². The molecular weight excluding hydrogens is 230 g/mol. The maximum absolute atomic E-state index is 11.4. The number of nitriles is 1. The van der Waals surface area contributed by atoms with Crippen LogP contribution in [0.1, 0.15) is 24.8 Å². The van der Waals surface area contributed by atoms with E-state index in [2.05, 4.69) is 16.4 Å². The lowest BCUT2D eigenvalue weighted by Crippen LogP contribution is -2.19. The van der Waals surface area contributed by atoms with Crippen molar-refractivity contribution >= 4 is 11.8 Å². The van der Waals surface area contributed by atoms with Crippen LogP contribution < -0.4 is 5.32 Å². The van der Waals surface area contributed by atoms with Gasteiger partial charge in [-0.1, -0.05) is 0 Å². The summed E-state index contributed by atoms with van der Waals surface area (Å²) in [6.07, 6.45) is 4.09. The molecule has 5 nitrogen and oxygen atoms in total. The number of ether oxygens (including phenoxy) is 1. The number of hydrogen-bond acceptors (Lipinski definition) is 5. The lowest BCUT2D eigenvalue weighted by molar-refractivity contribution is -0.145. The normalized spacial score (nSPS) is 22.2. The summed E-state index contributed by atoms with van der Waals surface area (Å²) in [6.45, 7) is 0. The fourth-order valence-electron chi connectivity index (χ4n) is 2.30. The predicted octanol–water partition coefficient (Wildman–Crippen LogP) is 1.71. The van der Waals surface area contributed by atoms with Crippen molar-refractivity contribution in [2.24, 2.45) is 5.92 Å². The molecule has 0 unspecified atom stereocenters. The number of aromatic nitrogens is 1. The quantitative estimate of drug-likeness (QED) is 0.820. The molecule has 0 bridgehead atoms. The van der Waals surface area contributed by atoms with Crippen LogP contribution in [0.25, 0.3) is 0 Å². The van der Waals surface area contributed by atoms with Crippen molar-refractivity contribution in [2.75, 3.05) is 12.4 Å². The third-order valence-electron chi connectivity index (χ3n) is 3.24. The molecule has 2 rings (SSSR count). The minimum Gasteiger partial charge on any atom is -0.469 e. The first-order chi connectivity index (χ1) is 8.74. The van der Waals surface area contributed by atoms with Crippen molar-refractivity contribution in [3.05, 3.63) is 23.9 Å². The molecule has 1 aromatic heterocycles. The van der Waals surface area contributed by atoms with Gasteiger partial charge in [0.1, 0.15) is 11.9 Å². The zero-order valence-corrected chi connectivity index (χ0v) is 10.2. The number of hydrogen-bond donors (Lipinski definition) is 1. The summed E-state index contributed by atoms with van der Waals surface area (Å²) in [4.78, 5) is 15.6. The summed E-state index contributed by atoms with van der Waals surface area (Å²) >= 11 is 0. The summed E-state index contributed by atoms with van der Waals surface area (Å²) in [5.41, 5.74) is 0.527. The van der Waals surface area contributed by atoms with Crippen LogP contribution >= 0.6 is 0 Å². The van der Waals surface area contributed by atoms with Gasteiger partial charge in [-0.15, -0.1) is 0 Å². The van der Waals surface area contributed by atoms with E-state index in [9.17, 15) is 4.79 Å². The van der Waals surface area contributed by atoms with E-state index in [1.807, 2.05) is 0 Å². The molecule has 0 aliphatic heterocycles. The Morgan fingerprint density at radius 3 is 3.17 bits per heavy atom. The van der Waals surface area contributed by atoms with Crippen LogP contribution in [0.2, 0.25) is 0 Å². The van der Waals surface area contributed by atoms with Crippen LogP contribution in [-0.4, -0.2) is 24.1 Å². The minimum atomic E-state index is -0.152. The lowest BCUT2D eigenvalue weighted by atomic mass is 10.1. The molecule has 1 fully saturated rings. The van der Waals surface area contributed by atoms with Crippen LogP contribution in [0.5, 0.6) is 0 Å². The second-order valence-electron chi connectivity index (χ2n) is 4.39. The minimum absolute atomic E-state index is 0.0400. The number of carbonyl (C=O) groups excluding carboxylic acids is 1. The summed E-state index contributed by atoms with van der Waals surface area (Å²) in [6, 6.07) is 5.73. The number of nitrogens with zero attached hydrogens (tertiary/aromatic N) is 2. The first-order valence-corrected chi connectivity index (χ1v) is 5.94. The van der Waals surface area contributed by atoms with Crippen LogP contribution in [0, 0.1) is 17.2 Å². The molecule has 1 heterocycles. The fraction of sp³-hybridized carbons (Fsp3) is 0.462. The number of nitrogens with one attached hydrogen (secondary N) is 1. The Labute approximate surface area is 106 Å². The van der Waals surface area contributed by atoms with Crippen molar-refractivity contribution in [1.29, 1.82) is 5.26 Å². The molecule has 1 saturated carbocycles. The Bertz CT molecular complexity index is 481. The van der Waals surface area contributed by atoms with E-state index in [-0.39, 0.29) is 17.9 Å². The molecule has 1 aliphatic carbocycles. The van der Waals surface area contributed by atoms with Crippen molar-refractivity contribution in [2.45, 2.75) is 25.3 Å².